The first-order chi connectivity index (χ1) is 24.1. The Morgan fingerprint density at radius 2 is 1.82 bits per heavy atom. The van der Waals surface area contributed by atoms with Crippen molar-refractivity contribution >= 4 is 56.6 Å². The van der Waals surface area contributed by atoms with Gasteiger partial charge in [-0.05, 0) is 50.6 Å². The van der Waals surface area contributed by atoms with Crippen molar-refractivity contribution in [1.29, 1.82) is 0 Å². The second-order valence-electron chi connectivity index (χ2n) is 11.5. The fourth-order valence-corrected chi connectivity index (χ4v) is 6.85. The van der Waals surface area contributed by atoms with Gasteiger partial charge in [0, 0.05) is 51.3 Å². The lowest BCUT2D eigenvalue weighted by atomic mass is 10.2. The van der Waals surface area contributed by atoms with Crippen molar-refractivity contribution in [3.8, 4) is 11.5 Å². The summed E-state index contributed by atoms with van der Waals surface area (Å²) in [5.41, 5.74) is 9.45. The monoisotopic (exact) mass is 702 g/mol. The van der Waals surface area contributed by atoms with Gasteiger partial charge < -0.3 is 29.1 Å². The SMILES string of the molecule is CCC(CCOc1cc(C(N)=O)cc2sc(=NC)n(C/C=C/Cn3c(NC(=O)c4cc(C)nn4CC)nc4cc(C=O)cc(OC)c43)c12)OC. The van der Waals surface area contributed by atoms with Crippen LogP contribution in [0.4, 0.5) is 5.95 Å². The number of aldehydes is 1. The van der Waals surface area contributed by atoms with Crippen molar-refractivity contribution in [2.75, 3.05) is 33.2 Å². The first kappa shape index (κ1) is 36.0. The van der Waals surface area contributed by atoms with Crippen LogP contribution >= 0.6 is 11.3 Å². The summed E-state index contributed by atoms with van der Waals surface area (Å²) in [7, 11) is 4.91. The smallest absolute Gasteiger partial charge is 0.276 e. The van der Waals surface area contributed by atoms with Crippen LogP contribution in [-0.4, -0.2) is 76.0 Å². The summed E-state index contributed by atoms with van der Waals surface area (Å²) < 4.78 is 23.7. The van der Waals surface area contributed by atoms with Crippen LogP contribution in [-0.2, 0) is 24.4 Å². The van der Waals surface area contributed by atoms with Gasteiger partial charge in [0.2, 0.25) is 11.9 Å². The normalized spacial score (nSPS) is 12.6. The molecular weight excluding hydrogens is 661 g/mol. The number of benzene rings is 2. The van der Waals surface area contributed by atoms with E-state index in [0.29, 0.717) is 72.0 Å². The predicted octanol–water partition coefficient (Wildman–Crippen LogP) is 4.73. The number of aromatic nitrogens is 5. The lowest BCUT2D eigenvalue weighted by Crippen LogP contribution is -2.20. The highest BCUT2D eigenvalue weighted by atomic mass is 32.1. The number of carbonyl (C=O) groups is 3. The van der Waals surface area contributed by atoms with E-state index in [1.807, 2.05) is 35.1 Å². The Morgan fingerprint density at radius 3 is 2.46 bits per heavy atom. The number of nitrogens with two attached hydrogens (primary N) is 1. The molecule has 14 nitrogen and oxygen atoms in total. The van der Waals surface area contributed by atoms with Crippen LogP contribution < -0.4 is 25.3 Å². The van der Waals surface area contributed by atoms with Crippen molar-refractivity contribution in [2.45, 2.75) is 59.4 Å². The second kappa shape index (κ2) is 16.0. The second-order valence-corrected chi connectivity index (χ2v) is 12.5. The Hall–Kier alpha value is -5.28. The number of nitrogens with zero attached hydrogens (tertiary/aromatic N) is 6. The molecule has 3 heterocycles. The number of hydrogen-bond donors (Lipinski definition) is 2. The molecule has 0 radical (unpaired) electrons. The zero-order valence-electron chi connectivity index (χ0n) is 29.1. The number of fused-ring (bicyclic) bond motifs is 2. The quantitative estimate of drug-likeness (QED) is 0.110. The molecule has 3 aromatic heterocycles. The summed E-state index contributed by atoms with van der Waals surface area (Å²) in [5, 5.41) is 7.33. The summed E-state index contributed by atoms with van der Waals surface area (Å²) in [5.74, 6) is 0.346. The van der Waals surface area contributed by atoms with Crippen molar-refractivity contribution in [3.05, 3.63) is 69.8 Å². The molecule has 50 heavy (non-hydrogen) atoms. The average molecular weight is 703 g/mol. The van der Waals surface area contributed by atoms with Gasteiger partial charge in [-0.1, -0.05) is 30.4 Å². The largest absolute Gasteiger partial charge is 0.494 e. The molecule has 0 aliphatic heterocycles. The highest BCUT2D eigenvalue weighted by Crippen LogP contribution is 2.32. The van der Waals surface area contributed by atoms with Gasteiger partial charge in [0.05, 0.1) is 35.7 Å². The van der Waals surface area contributed by atoms with Gasteiger partial charge in [-0.15, -0.1) is 0 Å². The molecule has 264 valence electrons. The predicted molar refractivity (Wildman–Crippen MR) is 192 cm³/mol. The number of ether oxygens (including phenoxy) is 3. The summed E-state index contributed by atoms with van der Waals surface area (Å²) in [6.45, 7) is 7.44. The maximum Gasteiger partial charge on any atom is 0.276 e. The number of thiazole rings is 1. The summed E-state index contributed by atoms with van der Waals surface area (Å²) in [6.07, 6.45) is 6.24. The van der Waals surface area contributed by atoms with E-state index in [0.717, 1.165) is 33.4 Å². The average Bonchev–Trinajstić information content (AvgIpc) is 3.79. The number of amides is 2. The molecule has 2 amide bonds. The van der Waals surface area contributed by atoms with Crippen LogP contribution in [0, 0.1) is 6.92 Å². The molecule has 0 bridgehead atoms. The molecular formula is C35H42N8O6S. The van der Waals surface area contributed by atoms with E-state index in [1.54, 1.807) is 49.2 Å². The van der Waals surface area contributed by atoms with Crippen LogP contribution in [0.1, 0.15) is 63.6 Å². The van der Waals surface area contributed by atoms with Crippen LogP contribution in [0.5, 0.6) is 11.5 Å². The van der Waals surface area contributed by atoms with Crippen LogP contribution in [0.15, 0.2) is 47.5 Å². The maximum absolute atomic E-state index is 13.4. The molecule has 0 saturated carbocycles. The third kappa shape index (κ3) is 7.48. The van der Waals surface area contributed by atoms with Gasteiger partial charge in [0.1, 0.15) is 34.5 Å². The zero-order valence-corrected chi connectivity index (χ0v) is 29.9. The Kier molecular flexibility index (Phi) is 11.5. The summed E-state index contributed by atoms with van der Waals surface area (Å²) in [6, 6.07) is 8.44. The topological polar surface area (TPSA) is 170 Å². The number of imidazole rings is 1. The first-order valence-corrected chi connectivity index (χ1v) is 17.1. The Labute approximate surface area is 293 Å². The van der Waals surface area contributed by atoms with Crippen LogP contribution in [0.25, 0.3) is 21.3 Å². The van der Waals surface area contributed by atoms with E-state index in [2.05, 4.69) is 27.3 Å². The standard InChI is InChI=1S/C35H42N8O6S/c1-7-24(47-5)11-14-49-28-18-23(32(36)45)19-29-31(28)42(35(37-4)50-29)13-10-9-12-41-30-25(16-22(20-44)17-27(30)48-6)38-34(41)39-33(46)26-15-21(3)40-43(26)8-2/h9-10,15-20,24H,7-8,11-14H2,1-6H3,(H2,36,45)(H,38,39,46)/b10-9+,37-35?. The van der Waals surface area contributed by atoms with E-state index < -0.39 is 5.91 Å². The summed E-state index contributed by atoms with van der Waals surface area (Å²) in [4.78, 5) is 47.2. The van der Waals surface area contributed by atoms with Gasteiger partial charge >= 0.3 is 0 Å². The number of carbonyl (C=O) groups excluding carboxylic acids is 3. The molecule has 5 aromatic rings. The lowest BCUT2D eigenvalue weighted by Gasteiger charge is -2.15. The highest BCUT2D eigenvalue weighted by molar-refractivity contribution is 7.16. The maximum atomic E-state index is 13.4. The van der Waals surface area contributed by atoms with Gasteiger partial charge in [0.25, 0.3) is 5.91 Å². The molecule has 2 aromatic carbocycles. The van der Waals surface area contributed by atoms with Gasteiger partial charge in [-0.2, -0.15) is 5.10 Å². The number of anilines is 1. The lowest BCUT2D eigenvalue weighted by molar-refractivity contribution is 0.0785. The minimum Gasteiger partial charge on any atom is -0.494 e. The molecule has 0 fully saturated rings. The van der Waals surface area contributed by atoms with Gasteiger partial charge in [-0.25, -0.2) is 4.98 Å². The Balaban J connectivity index is 1.50. The molecule has 1 unspecified atom stereocenters. The number of hydrogen-bond acceptors (Lipinski definition) is 10. The Bertz CT molecular complexity index is 2140. The van der Waals surface area contributed by atoms with Gasteiger partial charge in [-0.3, -0.25) is 29.4 Å². The fraction of sp³-hybridized carbons (Fsp3) is 0.371. The van der Waals surface area contributed by atoms with E-state index in [1.165, 1.54) is 18.4 Å². The minimum absolute atomic E-state index is 0.0547. The third-order valence-corrected chi connectivity index (χ3v) is 9.41. The van der Waals surface area contributed by atoms with E-state index >= 15 is 0 Å². The van der Waals surface area contributed by atoms with E-state index in [9.17, 15) is 14.4 Å². The Morgan fingerprint density at radius 1 is 1.06 bits per heavy atom. The molecule has 3 N–H and O–H groups in total. The van der Waals surface area contributed by atoms with Crippen molar-refractivity contribution in [1.82, 2.24) is 23.9 Å². The number of allylic oxidation sites excluding steroid dienone is 2. The number of methoxy groups -OCH3 is 2. The minimum atomic E-state index is -0.546. The summed E-state index contributed by atoms with van der Waals surface area (Å²) >= 11 is 1.43. The highest BCUT2D eigenvalue weighted by Gasteiger charge is 2.21. The number of rotatable bonds is 16. The first-order valence-electron chi connectivity index (χ1n) is 16.3. The number of nitrogens with one attached hydrogen (secondary N) is 1. The van der Waals surface area contributed by atoms with Crippen molar-refractivity contribution in [3.63, 3.8) is 0 Å². The molecule has 0 saturated heterocycles. The van der Waals surface area contributed by atoms with E-state index in [4.69, 9.17) is 19.9 Å². The molecule has 0 aliphatic carbocycles. The molecule has 5 rings (SSSR count). The molecule has 0 spiro atoms. The fourth-order valence-electron chi connectivity index (χ4n) is 5.79. The van der Waals surface area contributed by atoms with Crippen LogP contribution in [0.3, 0.4) is 0 Å². The molecule has 0 aliphatic rings. The molecule has 1 atom stereocenters. The molecule has 15 heteroatoms. The van der Waals surface area contributed by atoms with E-state index in [-0.39, 0.29) is 18.0 Å². The van der Waals surface area contributed by atoms with Crippen molar-refractivity contribution in [2.24, 2.45) is 10.7 Å². The number of primary amides is 1. The third-order valence-electron chi connectivity index (χ3n) is 8.29. The number of aryl methyl sites for hydroxylation is 2. The van der Waals surface area contributed by atoms with Crippen molar-refractivity contribution < 1.29 is 28.6 Å². The van der Waals surface area contributed by atoms with Gasteiger partial charge in [0.15, 0.2) is 4.80 Å². The van der Waals surface area contributed by atoms with Crippen LogP contribution in [0.2, 0.25) is 0 Å². The zero-order chi connectivity index (χ0) is 35.9.